The summed E-state index contributed by atoms with van der Waals surface area (Å²) in [6.07, 6.45) is -0.461. The number of benzene rings is 1. The monoisotopic (exact) mass is 286 g/mol. The van der Waals surface area contributed by atoms with Crippen LogP contribution in [-0.4, -0.2) is 41.9 Å². The first-order valence-electron chi connectivity index (χ1n) is 6.98. The zero-order valence-corrected chi connectivity index (χ0v) is 11.8. The predicted octanol–water partition coefficient (Wildman–Crippen LogP) is 1.31. The number of H-pyrrole nitrogens is 1. The normalized spacial score (nSPS) is 18.4. The van der Waals surface area contributed by atoms with Crippen LogP contribution in [0.1, 0.15) is 5.56 Å². The van der Waals surface area contributed by atoms with Crippen molar-refractivity contribution >= 4 is 11.7 Å². The molecular weight excluding hydrogens is 268 g/mol. The molecule has 1 amide bonds. The largest absolute Gasteiger partial charge is 0.366 e. The molecule has 6 heteroatoms. The van der Waals surface area contributed by atoms with Crippen molar-refractivity contribution in [3.8, 4) is 11.3 Å². The maximum atomic E-state index is 12.1. The van der Waals surface area contributed by atoms with E-state index in [1.165, 1.54) is 0 Å². The molecule has 1 unspecified atom stereocenters. The molecule has 1 aliphatic rings. The molecular formula is C15H18N4O2. The third-order valence-electron chi connectivity index (χ3n) is 3.48. The van der Waals surface area contributed by atoms with Crippen molar-refractivity contribution < 1.29 is 9.53 Å². The number of aromatic amines is 1. The van der Waals surface area contributed by atoms with E-state index in [1.54, 1.807) is 0 Å². The average molecular weight is 286 g/mol. The highest BCUT2D eigenvalue weighted by Gasteiger charge is 2.22. The van der Waals surface area contributed by atoms with Gasteiger partial charge in [0.15, 0.2) is 5.82 Å². The standard InChI is InChI=1S/C15H18N4O2/c1-10-4-2-3-5-11(10)12-8-14(19-18-12)17-15(20)13-9-16-6-7-21-13/h2-5,8,13,16H,6-7,9H2,1H3,(H2,17,18,19,20). The zero-order chi connectivity index (χ0) is 14.7. The Bertz CT molecular complexity index is 632. The maximum absolute atomic E-state index is 12.1. The Labute approximate surface area is 122 Å². The van der Waals surface area contributed by atoms with Gasteiger partial charge in [0, 0.05) is 24.7 Å². The molecule has 0 spiro atoms. The van der Waals surface area contributed by atoms with Gasteiger partial charge in [-0.2, -0.15) is 5.10 Å². The van der Waals surface area contributed by atoms with E-state index in [9.17, 15) is 4.79 Å². The molecule has 0 aliphatic carbocycles. The molecule has 1 atom stereocenters. The summed E-state index contributed by atoms with van der Waals surface area (Å²) in [6, 6.07) is 9.85. The van der Waals surface area contributed by atoms with Gasteiger partial charge in [-0.25, -0.2) is 0 Å². The second kappa shape index (κ2) is 6.07. The van der Waals surface area contributed by atoms with Gasteiger partial charge in [0.1, 0.15) is 6.10 Å². The van der Waals surface area contributed by atoms with E-state index in [2.05, 4.69) is 20.8 Å². The first-order valence-corrected chi connectivity index (χ1v) is 6.98. The minimum Gasteiger partial charge on any atom is -0.366 e. The molecule has 21 heavy (non-hydrogen) atoms. The smallest absolute Gasteiger partial charge is 0.256 e. The second-order valence-corrected chi connectivity index (χ2v) is 5.03. The molecule has 0 radical (unpaired) electrons. The summed E-state index contributed by atoms with van der Waals surface area (Å²) in [5.74, 6) is 0.331. The number of morpholine rings is 1. The Hall–Kier alpha value is -2.18. The summed E-state index contributed by atoms with van der Waals surface area (Å²) >= 11 is 0. The Morgan fingerprint density at radius 3 is 3.05 bits per heavy atom. The number of nitrogens with one attached hydrogen (secondary N) is 3. The van der Waals surface area contributed by atoms with Gasteiger partial charge < -0.3 is 15.4 Å². The SMILES string of the molecule is Cc1ccccc1-c1cc(NC(=O)C2CNCCO2)n[nH]1. The van der Waals surface area contributed by atoms with Crippen LogP contribution in [0.2, 0.25) is 0 Å². The molecule has 6 nitrogen and oxygen atoms in total. The first-order chi connectivity index (χ1) is 10.2. The fraction of sp³-hybridized carbons (Fsp3) is 0.333. The van der Waals surface area contributed by atoms with E-state index < -0.39 is 6.10 Å². The van der Waals surface area contributed by atoms with E-state index in [-0.39, 0.29) is 5.91 Å². The maximum Gasteiger partial charge on any atom is 0.256 e. The van der Waals surface area contributed by atoms with Crippen molar-refractivity contribution in [2.75, 3.05) is 25.0 Å². The molecule has 0 bridgehead atoms. The molecule has 1 aromatic heterocycles. The highest BCUT2D eigenvalue weighted by Crippen LogP contribution is 2.23. The number of nitrogens with zero attached hydrogens (tertiary/aromatic N) is 1. The molecule has 110 valence electrons. The van der Waals surface area contributed by atoms with Crippen LogP contribution in [0.15, 0.2) is 30.3 Å². The number of aryl methyl sites for hydroxylation is 1. The topological polar surface area (TPSA) is 79.0 Å². The number of hydrogen-bond donors (Lipinski definition) is 3. The number of ether oxygens (including phenoxy) is 1. The van der Waals surface area contributed by atoms with Crippen LogP contribution >= 0.6 is 0 Å². The predicted molar refractivity (Wildman–Crippen MR) is 80.0 cm³/mol. The van der Waals surface area contributed by atoms with Crippen molar-refractivity contribution in [1.82, 2.24) is 15.5 Å². The van der Waals surface area contributed by atoms with Gasteiger partial charge in [-0.15, -0.1) is 0 Å². The van der Waals surface area contributed by atoms with Crippen molar-refractivity contribution in [3.63, 3.8) is 0 Å². The van der Waals surface area contributed by atoms with E-state index >= 15 is 0 Å². The molecule has 0 saturated carbocycles. The quantitative estimate of drug-likeness (QED) is 0.795. The zero-order valence-electron chi connectivity index (χ0n) is 11.8. The summed E-state index contributed by atoms with van der Waals surface area (Å²) in [5, 5.41) is 13.0. The van der Waals surface area contributed by atoms with Crippen LogP contribution in [0, 0.1) is 6.92 Å². The van der Waals surface area contributed by atoms with Crippen LogP contribution < -0.4 is 10.6 Å². The second-order valence-electron chi connectivity index (χ2n) is 5.03. The van der Waals surface area contributed by atoms with Gasteiger partial charge in [-0.05, 0) is 12.5 Å². The highest BCUT2D eigenvalue weighted by molar-refractivity contribution is 5.94. The van der Waals surface area contributed by atoms with Gasteiger partial charge in [-0.3, -0.25) is 9.89 Å². The van der Waals surface area contributed by atoms with Crippen LogP contribution in [0.4, 0.5) is 5.82 Å². The van der Waals surface area contributed by atoms with Gasteiger partial charge in [0.05, 0.1) is 12.3 Å². The lowest BCUT2D eigenvalue weighted by Crippen LogP contribution is -2.45. The Balaban J connectivity index is 1.70. The molecule has 1 aromatic carbocycles. The highest BCUT2D eigenvalue weighted by atomic mass is 16.5. The van der Waals surface area contributed by atoms with E-state index in [0.29, 0.717) is 19.0 Å². The third kappa shape index (κ3) is 3.12. The number of carbonyl (C=O) groups excluding carboxylic acids is 1. The lowest BCUT2D eigenvalue weighted by molar-refractivity contribution is -0.128. The van der Waals surface area contributed by atoms with Crippen molar-refractivity contribution in [2.24, 2.45) is 0 Å². The van der Waals surface area contributed by atoms with Crippen LogP contribution in [0.5, 0.6) is 0 Å². The average Bonchev–Trinajstić information content (AvgIpc) is 2.97. The summed E-state index contributed by atoms with van der Waals surface area (Å²) in [7, 11) is 0. The number of carbonyl (C=O) groups is 1. The minimum atomic E-state index is -0.461. The fourth-order valence-electron chi connectivity index (χ4n) is 2.34. The van der Waals surface area contributed by atoms with Crippen LogP contribution in [0.3, 0.4) is 0 Å². The molecule has 2 heterocycles. The number of anilines is 1. The summed E-state index contributed by atoms with van der Waals surface area (Å²) < 4.78 is 5.41. The number of hydrogen-bond acceptors (Lipinski definition) is 4. The van der Waals surface area contributed by atoms with E-state index in [4.69, 9.17) is 4.74 Å². The summed E-state index contributed by atoms with van der Waals surface area (Å²) in [4.78, 5) is 12.1. The van der Waals surface area contributed by atoms with Gasteiger partial charge in [-0.1, -0.05) is 24.3 Å². The van der Waals surface area contributed by atoms with Crippen molar-refractivity contribution in [1.29, 1.82) is 0 Å². The van der Waals surface area contributed by atoms with Gasteiger partial charge in [0.2, 0.25) is 0 Å². The third-order valence-corrected chi connectivity index (χ3v) is 3.48. The van der Waals surface area contributed by atoms with Gasteiger partial charge >= 0.3 is 0 Å². The Kier molecular flexibility index (Phi) is 3.98. The summed E-state index contributed by atoms with van der Waals surface area (Å²) in [5.41, 5.74) is 3.10. The van der Waals surface area contributed by atoms with Crippen LogP contribution in [-0.2, 0) is 9.53 Å². The first kappa shape index (κ1) is 13.8. The minimum absolute atomic E-state index is 0.176. The number of aromatic nitrogens is 2. The number of rotatable bonds is 3. The fourth-order valence-corrected chi connectivity index (χ4v) is 2.34. The molecule has 1 aliphatic heterocycles. The van der Waals surface area contributed by atoms with Crippen molar-refractivity contribution in [2.45, 2.75) is 13.0 Å². The van der Waals surface area contributed by atoms with Gasteiger partial charge in [0.25, 0.3) is 5.91 Å². The summed E-state index contributed by atoms with van der Waals surface area (Å²) in [6.45, 7) is 3.90. The van der Waals surface area contributed by atoms with E-state index in [0.717, 1.165) is 23.4 Å². The Morgan fingerprint density at radius 1 is 1.43 bits per heavy atom. The van der Waals surface area contributed by atoms with Crippen molar-refractivity contribution in [3.05, 3.63) is 35.9 Å². The molecule has 3 rings (SSSR count). The van der Waals surface area contributed by atoms with E-state index in [1.807, 2.05) is 37.3 Å². The van der Waals surface area contributed by atoms with Crippen LogP contribution in [0.25, 0.3) is 11.3 Å². The molecule has 3 N–H and O–H groups in total. The lowest BCUT2D eigenvalue weighted by Gasteiger charge is -2.22. The Morgan fingerprint density at radius 2 is 2.29 bits per heavy atom. The number of amides is 1. The molecule has 1 fully saturated rings. The molecule has 1 saturated heterocycles. The lowest BCUT2D eigenvalue weighted by atomic mass is 10.1. The molecule has 2 aromatic rings.